The van der Waals surface area contributed by atoms with Crippen molar-refractivity contribution in [2.24, 2.45) is 5.41 Å². The predicted molar refractivity (Wildman–Crippen MR) is 202 cm³/mol. The number of anilines is 3. The lowest BCUT2D eigenvalue weighted by atomic mass is 9.87. The molecule has 2 aliphatic rings. The zero-order valence-corrected chi connectivity index (χ0v) is 35.4. The second-order valence-corrected chi connectivity index (χ2v) is 18.8. The number of aromatic nitrogens is 2. The van der Waals surface area contributed by atoms with E-state index in [9.17, 15) is 67.5 Å². The molecule has 27 nitrogen and oxygen atoms in total. The summed E-state index contributed by atoms with van der Waals surface area (Å²) in [5.41, 5.74) is 6.81. The molecule has 7 atom stereocenters. The van der Waals surface area contributed by atoms with Gasteiger partial charge in [-0.05, 0) is 0 Å². The largest absolute Gasteiger partial charge is 0.481 e. The number of nitrogens with zero attached hydrogens (tertiary/aromatic N) is 4. The molecule has 0 spiro atoms. The zero-order chi connectivity index (χ0) is 44.5. The number of hydrogen-bond donors (Lipinski definition) is 10. The number of phosphoric acid groups is 3. The van der Waals surface area contributed by atoms with E-state index in [0.29, 0.717) is 0 Å². The topological polar surface area (TPSA) is 398 Å². The number of phosphoric ester groups is 3. The number of hydrazine groups is 1. The van der Waals surface area contributed by atoms with Gasteiger partial charge in [0, 0.05) is 44.0 Å². The SMILES string of the molecule is CCC(=O)CC(=O)SCCNC(=O)CCNC(=O)[C@H](O)C(C)(C)COP(=O)(O)OP(=O)(O)OC[C@H]1O[C@@H](N2CN(NC(C)=O)c3c(N)ncnc32)[C@H](O)[C@@H]1OP(=O)(O)O. The molecule has 0 saturated carbocycles. The number of amides is 3. The normalized spacial score (nSPS) is 21.9. The first-order chi connectivity index (χ1) is 27.3. The van der Waals surface area contributed by atoms with E-state index in [1.165, 1.54) is 30.7 Å². The van der Waals surface area contributed by atoms with Crippen molar-refractivity contribution in [3.05, 3.63) is 6.33 Å². The molecular weight excluding hydrogens is 877 g/mol. The summed E-state index contributed by atoms with van der Waals surface area (Å²) in [5.74, 6) is -2.18. The van der Waals surface area contributed by atoms with E-state index in [4.69, 9.17) is 19.5 Å². The number of aliphatic hydroxyl groups excluding tert-OH is 2. The Morgan fingerprint density at radius 1 is 1.07 bits per heavy atom. The summed E-state index contributed by atoms with van der Waals surface area (Å²) in [6.45, 7) is 2.71. The molecule has 3 rings (SSSR count). The smallest absolute Gasteiger partial charge is 0.386 e. The van der Waals surface area contributed by atoms with Gasteiger partial charge < -0.3 is 55.8 Å². The van der Waals surface area contributed by atoms with Gasteiger partial charge in [-0.25, -0.2) is 23.7 Å². The number of thioether (sulfide) groups is 1. The maximum absolute atomic E-state index is 12.8. The van der Waals surface area contributed by atoms with Gasteiger partial charge in [0.15, 0.2) is 23.0 Å². The second-order valence-electron chi connectivity index (χ2n) is 13.4. The third-order valence-corrected chi connectivity index (χ3v) is 12.1. The van der Waals surface area contributed by atoms with Crippen LogP contribution in [0, 0.1) is 5.41 Å². The first kappa shape index (κ1) is 50.2. The van der Waals surface area contributed by atoms with Crippen LogP contribution in [0.3, 0.4) is 0 Å². The van der Waals surface area contributed by atoms with Gasteiger partial charge >= 0.3 is 23.5 Å². The Morgan fingerprint density at radius 3 is 2.36 bits per heavy atom. The molecule has 11 N–H and O–H groups in total. The van der Waals surface area contributed by atoms with Gasteiger partial charge in [-0.15, -0.1) is 0 Å². The average molecular weight is 925 g/mol. The Bertz CT molecular complexity index is 1860. The number of nitrogen functional groups attached to an aromatic ring is 1. The summed E-state index contributed by atoms with van der Waals surface area (Å²) >= 11 is 0.888. The molecule has 0 bridgehead atoms. The van der Waals surface area contributed by atoms with Crippen LogP contribution < -0.4 is 31.7 Å². The fraction of sp³-hybridized carbons (Fsp3) is 0.679. The molecule has 31 heteroatoms. The molecule has 1 fully saturated rings. The van der Waals surface area contributed by atoms with Gasteiger partial charge in [-0.3, -0.25) is 48.0 Å². The standard InChI is InChI=1S/C28H47N8O19P3S/c1-5-16(38)10-19(40)59-9-8-30-18(39)6-7-31-26(43)23(42)28(3,4)12-52-58(49,50)55-57(47,48)51-11-17-22(54-56(44,45)46)21(41)27(53-17)35-14-36(34-15(2)37)20-24(29)32-13-33-25(20)35/h13,17,21-23,27,41-42H,5-12,14H2,1-4H3,(H,30,39)(H,31,43)(H,34,37)(H,47,48)(H,49,50)(H2,29,32,33)(H2,44,45,46)/t17-,21-,22-,23+,27-/m1/s1. The monoisotopic (exact) mass is 924 g/mol. The Morgan fingerprint density at radius 2 is 1.73 bits per heavy atom. The van der Waals surface area contributed by atoms with Crippen molar-refractivity contribution in [2.75, 3.05) is 54.4 Å². The van der Waals surface area contributed by atoms with E-state index in [2.05, 4.69) is 34.9 Å². The molecule has 0 aromatic carbocycles. The van der Waals surface area contributed by atoms with Crippen LogP contribution in [0.1, 0.15) is 47.0 Å². The molecule has 59 heavy (non-hydrogen) atoms. The molecule has 3 heterocycles. The highest BCUT2D eigenvalue weighted by Crippen LogP contribution is 2.61. The lowest BCUT2D eigenvalue weighted by molar-refractivity contribution is -0.137. The molecule has 334 valence electrons. The first-order valence-corrected chi connectivity index (χ1v) is 22.8. The van der Waals surface area contributed by atoms with E-state index in [1.54, 1.807) is 6.92 Å². The van der Waals surface area contributed by atoms with Crippen LogP contribution in [0.25, 0.3) is 0 Å². The number of rotatable bonds is 23. The van der Waals surface area contributed by atoms with Crippen molar-refractivity contribution in [3.8, 4) is 0 Å². The van der Waals surface area contributed by atoms with Gasteiger partial charge in [-0.2, -0.15) is 4.31 Å². The van der Waals surface area contributed by atoms with Crippen LogP contribution in [0.15, 0.2) is 6.33 Å². The number of ether oxygens (including phenoxy) is 1. The van der Waals surface area contributed by atoms with Crippen LogP contribution in [-0.4, -0.2) is 138 Å². The minimum atomic E-state index is -5.63. The molecule has 1 saturated heterocycles. The number of ketones is 1. The number of nitrogens with one attached hydrogen (secondary N) is 3. The third kappa shape index (κ3) is 15.4. The van der Waals surface area contributed by atoms with Gasteiger partial charge in [0.2, 0.25) is 17.7 Å². The summed E-state index contributed by atoms with van der Waals surface area (Å²) in [6, 6.07) is 0. The van der Waals surface area contributed by atoms with Gasteiger partial charge in [0.25, 0.3) is 0 Å². The lowest BCUT2D eigenvalue weighted by Gasteiger charge is -2.30. The first-order valence-electron chi connectivity index (χ1n) is 17.3. The van der Waals surface area contributed by atoms with Crippen molar-refractivity contribution in [3.63, 3.8) is 0 Å². The third-order valence-electron chi connectivity index (χ3n) is 8.11. The van der Waals surface area contributed by atoms with Gasteiger partial charge in [0.1, 0.15) is 48.9 Å². The number of hydrogen-bond acceptors (Lipinski definition) is 21. The molecule has 0 aliphatic carbocycles. The zero-order valence-electron chi connectivity index (χ0n) is 31.9. The van der Waals surface area contributed by atoms with E-state index < -0.39 is 90.5 Å². The van der Waals surface area contributed by atoms with Crippen molar-refractivity contribution in [1.29, 1.82) is 0 Å². The highest BCUT2D eigenvalue weighted by atomic mass is 32.2. The van der Waals surface area contributed by atoms with Gasteiger partial charge in [0.05, 0.1) is 19.6 Å². The maximum atomic E-state index is 12.8. The van der Waals surface area contributed by atoms with E-state index >= 15 is 0 Å². The molecule has 1 aromatic rings. The Hall–Kier alpha value is -3.17. The van der Waals surface area contributed by atoms with Crippen LogP contribution in [0.5, 0.6) is 0 Å². The summed E-state index contributed by atoms with van der Waals surface area (Å²) in [4.78, 5) is 108. The fourth-order valence-electron chi connectivity index (χ4n) is 5.23. The maximum Gasteiger partial charge on any atom is 0.481 e. The number of Topliss-reactive ketones (excluding diaryl/α,β-unsaturated/α-hetero) is 1. The summed E-state index contributed by atoms with van der Waals surface area (Å²) in [7, 11) is -16.6. The molecule has 2 aliphatic heterocycles. The van der Waals surface area contributed by atoms with Crippen molar-refractivity contribution in [1.82, 2.24) is 26.0 Å². The minimum Gasteiger partial charge on any atom is -0.386 e. The fourth-order valence-corrected chi connectivity index (χ4v) is 8.75. The molecular formula is C28H47N8O19P3S. The number of aliphatic hydroxyl groups is 2. The Kier molecular flexibility index (Phi) is 17.9. The Labute approximate surface area is 340 Å². The Balaban J connectivity index is 1.54. The minimum absolute atomic E-state index is 0.0186. The number of carbonyl (C=O) groups excluding carboxylic acids is 5. The lowest BCUT2D eigenvalue weighted by Crippen LogP contribution is -2.49. The molecule has 3 amide bonds. The second kappa shape index (κ2) is 21.1. The summed E-state index contributed by atoms with van der Waals surface area (Å²) in [5, 5.41) is 27.3. The average Bonchev–Trinajstić information content (AvgIpc) is 3.63. The van der Waals surface area contributed by atoms with E-state index in [1.807, 2.05) is 0 Å². The van der Waals surface area contributed by atoms with Crippen LogP contribution in [0.4, 0.5) is 17.3 Å². The van der Waals surface area contributed by atoms with Crippen molar-refractivity contribution < 1.29 is 90.1 Å². The predicted octanol–water partition coefficient (Wildman–Crippen LogP) is -1.85. The van der Waals surface area contributed by atoms with Crippen LogP contribution in [0.2, 0.25) is 0 Å². The van der Waals surface area contributed by atoms with E-state index in [0.717, 1.165) is 18.1 Å². The molecule has 0 radical (unpaired) electrons. The van der Waals surface area contributed by atoms with Crippen LogP contribution in [-0.2, 0) is 60.3 Å². The molecule has 2 unspecified atom stereocenters. The van der Waals surface area contributed by atoms with Crippen molar-refractivity contribution >= 4 is 81.2 Å². The highest BCUT2D eigenvalue weighted by Gasteiger charge is 2.53. The van der Waals surface area contributed by atoms with E-state index in [-0.39, 0.29) is 73.0 Å². The highest BCUT2D eigenvalue weighted by molar-refractivity contribution is 8.13. The number of carbonyl (C=O) groups is 5. The quantitative estimate of drug-likeness (QED) is 0.0327. The number of nitrogens with two attached hydrogens (primary N) is 1. The molecule has 1 aromatic heterocycles. The van der Waals surface area contributed by atoms with Crippen LogP contribution >= 0.6 is 35.2 Å². The number of fused-ring (bicyclic) bond motifs is 1. The van der Waals surface area contributed by atoms with Gasteiger partial charge in [-0.1, -0.05) is 32.5 Å². The summed E-state index contributed by atoms with van der Waals surface area (Å²) < 4.78 is 61.4. The van der Waals surface area contributed by atoms with Crippen molar-refractivity contribution in [2.45, 2.75) is 77.6 Å². The summed E-state index contributed by atoms with van der Waals surface area (Å²) in [6.07, 6.45) is -8.40.